The van der Waals surface area contributed by atoms with Crippen molar-refractivity contribution in [1.29, 1.82) is 0 Å². The van der Waals surface area contributed by atoms with Crippen molar-refractivity contribution < 1.29 is 4.74 Å². The van der Waals surface area contributed by atoms with Gasteiger partial charge in [0.2, 0.25) is 5.95 Å². The van der Waals surface area contributed by atoms with E-state index in [1.165, 1.54) is 0 Å². The second-order valence-electron chi connectivity index (χ2n) is 5.29. The van der Waals surface area contributed by atoms with Crippen molar-refractivity contribution in [3.63, 3.8) is 0 Å². The Bertz CT molecular complexity index is 854. The third-order valence-electron chi connectivity index (χ3n) is 3.51. The van der Waals surface area contributed by atoms with E-state index in [-0.39, 0.29) is 0 Å². The van der Waals surface area contributed by atoms with Crippen LogP contribution < -0.4 is 15.4 Å². The molecule has 0 unspecified atom stereocenters. The summed E-state index contributed by atoms with van der Waals surface area (Å²) in [6, 6.07) is 13.2. The quantitative estimate of drug-likeness (QED) is 0.666. The Labute approximate surface area is 151 Å². The van der Waals surface area contributed by atoms with Gasteiger partial charge < -0.3 is 15.4 Å². The van der Waals surface area contributed by atoms with Gasteiger partial charge >= 0.3 is 0 Å². The van der Waals surface area contributed by atoms with Crippen molar-refractivity contribution in [3.05, 3.63) is 59.2 Å². The molecule has 2 N–H and O–H groups in total. The first-order chi connectivity index (χ1) is 12.2. The minimum absolute atomic E-state index is 0.397. The number of hydrogen-bond donors (Lipinski definition) is 2. The number of hydrogen-bond acceptors (Lipinski definition) is 6. The Morgan fingerprint density at radius 2 is 1.88 bits per heavy atom. The predicted octanol–water partition coefficient (Wildman–Crippen LogP) is 4.72. The van der Waals surface area contributed by atoms with Crippen molar-refractivity contribution in [2.24, 2.45) is 0 Å². The molecule has 0 saturated heterocycles. The average Bonchev–Trinajstić information content (AvgIpc) is 2.61. The van der Waals surface area contributed by atoms with Gasteiger partial charge in [0.1, 0.15) is 5.75 Å². The molecule has 0 bridgehead atoms. The van der Waals surface area contributed by atoms with E-state index in [2.05, 4.69) is 25.8 Å². The van der Waals surface area contributed by atoms with Gasteiger partial charge in [-0.25, -0.2) is 0 Å². The maximum absolute atomic E-state index is 6.14. The molecule has 1 heterocycles. The van der Waals surface area contributed by atoms with E-state index < -0.39 is 0 Å². The third-order valence-corrected chi connectivity index (χ3v) is 3.92. The smallest absolute Gasteiger partial charge is 0.249 e. The first kappa shape index (κ1) is 17.0. The lowest BCUT2D eigenvalue weighted by atomic mass is 10.2. The van der Waals surface area contributed by atoms with Crippen LogP contribution >= 0.6 is 11.6 Å². The summed E-state index contributed by atoms with van der Waals surface area (Å²) in [6.07, 6.45) is 1.56. The van der Waals surface area contributed by atoms with Crippen LogP contribution in [-0.2, 0) is 0 Å². The van der Waals surface area contributed by atoms with Crippen LogP contribution in [0.25, 0.3) is 0 Å². The summed E-state index contributed by atoms with van der Waals surface area (Å²) in [7, 11) is 0. The highest BCUT2D eigenvalue weighted by Gasteiger charge is 2.06. The molecule has 6 nitrogen and oxygen atoms in total. The van der Waals surface area contributed by atoms with E-state index in [1.54, 1.807) is 6.20 Å². The number of halogens is 1. The van der Waals surface area contributed by atoms with Crippen molar-refractivity contribution in [2.45, 2.75) is 13.8 Å². The summed E-state index contributed by atoms with van der Waals surface area (Å²) in [5.41, 5.74) is 2.67. The van der Waals surface area contributed by atoms with E-state index in [9.17, 15) is 0 Å². The van der Waals surface area contributed by atoms with Gasteiger partial charge in [-0.1, -0.05) is 17.7 Å². The highest BCUT2D eigenvalue weighted by Crippen LogP contribution is 2.25. The van der Waals surface area contributed by atoms with Crippen LogP contribution in [0.3, 0.4) is 0 Å². The molecule has 7 heteroatoms. The summed E-state index contributed by atoms with van der Waals surface area (Å²) in [5.74, 6) is 1.79. The second-order valence-corrected chi connectivity index (χ2v) is 5.69. The van der Waals surface area contributed by atoms with Gasteiger partial charge in [-0.3, -0.25) is 0 Å². The largest absolute Gasteiger partial charge is 0.494 e. The summed E-state index contributed by atoms with van der Waals surface area (Å²) < 4.78 is 5.43. The molecular formula is C18H18ClN5O. The summed E-state index contributed by atoms with van der Waals surface area (Å²) in [6.45, 7) is 4.53. The van der Waals surface area contributed by atoms with Crippen molar-refractivity contribution in [3.8, 4) is 5.75 Å². The van der Waals surface area contributed by atoms with Crippen LogP contribution in [0, 0.1) is 6.92 Å². The molecule has 0 aliphatic heterocycles. The zero-order valence-electron chi connectivity index (χ0n) is 14.0. The lowest BCUT2D eigenvalue weighted by Gasteiger charge is -2.11. The number of nitrogens with one attached hydrogen (secondary N) is 2. The summed E-state index contributed by atoms with van der Waals surface area (Å²) in [5, 5.41) is 15.0. The topological polar surface area (TPSA) is 72.0 Å². The molecule has 0 atom stereocenters. The fourth-order valence-corrected chi connectivity index (χ4v) is 2.40. The average molecular weight is 356 g/mol. The molecule has 25 heavy (non-hydrogen) atoms. The Morgan fingerprint density at radius 3 is 2.64 bits per heavy atom. The molecule has 0 radical (unpaired) electrons. The maximum Gasteiger partial charge on any atom is 0.249 e. The van der Waals surface area contributed by atoms with E-state index in [0.717, 1.165) is 22.7 Å². The number of anilines is 4. The molecule has 3 rings (SSSR count). The Balaban J connectivity index is 1.74. The van der Waals surface area contributed by atoms with Crippen LogP contribution in [0.1, 0.15) is 12.5 Å². The van der Waals surface area contributed by atoms with Crippen molar-refractivity contribution >= 4 is 34.7 Å². The normalized spacial score (nSPS) is 10.4. The molecular weight excluding hydrogens is 338 g/mol. The Hall–Kier alpha value is -2.86. The zero-order valence-corrected chi connectivity index (χ0v) is 14.7. The Kier molecular flexibility index (Phi) is 5.30. The highest BCUT2D eigenvalue weighted by molar-refractivity contribution is 6.31. The standard InChI is InChI=1S/C18H18ClN5O/c1-3-25-14-9-7-13(8-10-14)21-18-23-17(11-20-24-18)22-16-6-4-5-15(19)12(16)2/h4-11H,3H2,1-2H3,(H2,21,22,23,24). The number of ether oxygens (including phenoxy) is 1. The van der Waals surface area contributed by atoms with Crippen LogP contribution in [0.5, 0.6) is 5.75 Å². The molecule has 128 valence electrons. The first-order valence-electron chi connectivity index (χ1n) is 7.87. The Morgan fingerprint density at radius 1 is 1.08 bits per heavy atom. The highest BCUT2D eigenvalue weighted by atomic mass is 35.5. The first-order valence-corrected chi connectivity index (χ1v) is 8.25. The number of nitrogens with zero attached hydrogens (tertiary/aromatic N) is 3. The minimum atomic E-state index is 0.397. The molecule has 0 amide bonds. The molecule has 0 saturated carbocycles. The van der Waals surface area contributed by atoms with E-state index >= 15 is 0 Å². The van der Waals surface area contributed by atoms with Crippen LogP contribution in [0.4, 0.5) is 23.1 Å². The molecule has 0 fully saturated rings. The third kappa shape index (κ3) is 4.36. The van der Waals surface area contributed by atoms with E-state index in [0.29, 0.717) is 23.4 Å². The minimum Gasteiger partial charge on any atom is -0.494 e. The SMILES string of the molecule is CCOc1ccc(Nc2nncc(Nc3cccc(Cl)c3C)n2)cc1. The van der Waals surface area contributed by atoms with E-state index in [4.69, 9.17) is 16.3 Å². The molecule has 0 aliphatic carbocycles. The summed E-state index contributed by atoms with van der Waals surface area (Å²) in [4.78, 5) is 4.42. The number of benzene rings is 2. The van der Waals surface area contributed by atoms with Crippen molar-refractivity contribution in [2.75, 3.05) is 17.2 Å². The lowest BCUT2D eigenvalue weighted by molar-refractivity contribution is 0.340. The molecule has 1 aromatic heterocycles. The van der Waals surface area contributed by atoms with Crippen LogP contribution in [0.15, 0.2) is 48.7 Å². The lowest BCUT2D eigenvalue weighted by Crippen LogP contribution is -2.03. The molecule has 2 aromatic carbocycles. The fraction of sp³-hybridized carbons (Fsp3) is 0.167. The van der Waals surface area contributed by atoms with Gasteiger partial charge in [0.15, 0.2) is 5.82 Å². The number of rotatable bonds is 6. The predicted molar refractivity (Wildman–Crippen MR) is 100 cm³/mol. The summed E-state index contributed by atoms with van der Waals surface area (Å²) >= 11 is 6.14. The van der Waals surface area contributed by atoms with E-state index in [1.807, 2.05) is 56.3 Å². The van der Waals surface area contributed by atoms with Crippen LogP contribution in [0.2, 0.25) is 5.02 Å². The number of aromatic nitrogens is 3. The molecule has 0 aliphatic rings. The van der Waals surface area contributed by atoms with Gasteiger partial charge in [0, 0.05) is 16.4 Å². The van der Waals surface area contributed by atoms with Gasteiger partial charge in [-0.2, -0.15) is 10.1 Å². The molecule has 0 spiro atoms. The molecule has 3 aromatic rings. The van der Waals surface area contributed by atoms with Gasteiger partial charge in [0.05, 0.1) is 12.8 Å². The second kappa shape index (κ2) is 7.81. The maximum atomic E-state index is 6.14. The van der Waals surface area contributed by atoms with Crippen LogP contribution in [-0.4, -0.2) is 21.8 Å². The van der Waals surface area contributed by atoms with Gasteiger partial charge in [0.25, 0.3) is 0 Å². The van der Waals surface area contributed by atoms with Crippen molar-refractivity contribution in [1.82, 2.24) is 15.2 Å². The van der Waals surface area contributed by atoms with Gasteiger partial charge in [-0.15, -0.1) is 5.10 Å². The monoisotopic (exact) mass is 355 g/mol. The van der Waals surface area contributed by atoms with Gasteiger partial charge in [-0.05, 0) is 55.8 Å². The zero-order chi connectivity index (χ0) is 17.6. The fourth-order valence-electron chi connectivity index (χ4n) is 2.23.